The third-order valence-corrected chi connectivity index (χ3v) is 5.57. The molecule has 7 heteroatoms. The van der Waals surface area contributed by atoms with Gasteiger partial charge in [0.15, 0.2) is 0 Å². The molecule has 0 saturated carbocycles. The van der Waals surface area contributed by atoms with E-state index in [2.05, 4.69) is 36.6 Å². The van der Waals surface area contributed by atoms with E-state index in [1.807, 2.05) is 42.5 Å². The number of benzene rings is 2. The number of halogens is 1. The maximum absolute atomic E-state index is 5.20. The molecule has 2 aromatic carbocycles. The maximum Gasteiger partial charge on any atom is 0.137 e. The molecule has 0 aliphatic rings. The number of nitrogens with one attached hydrogen (secondary N) is 1. The Labute approximate surface area is 169 Å². The number of nitrogens with zero attached hydrogens (tertiary/aromatic N) is 3. The molecule has 4 rings (SSSR count). The van der Waals surface area contributed by atoms with Crippen LogP contribution in [0.4, 0.5) is 5.82 Å². The lowest BCUT2D eigenvalue weighted by atomic mass is 10.2. The number of rotatable bonds is 6. The maximum atomic E-state index is 5.20. The van der Waals surface area contributed by atoms with Crippen molar-refractivity contribution in [1.29, 1.82) is 0 Å². The predicted octanol–water partition coefficient (Wildman–Crippen LogP) is 5.18. The smallest absolute Gasteiger partial charge is 0.137 e. The minimum atomic E-state index is 0.758. The molecule has 4 aromatic rings. The molecule has 0 saturated heterocycles. The molecule has 5 nitrogen and oxygen atoms in total. The molecule has 0 radical (unpaired) electrons. The lowest BCUT2D eigenvalue weighted by Gasteiger charge is -2.07. The van der Waals surface area contributed by atoms with E-state index in [0.29, 0.717) is 0 Å². The summed E-state index contributed by atoms with van der Waals surface area (Å²) in [6.45, 7) is 0.758. The molecule has 0 aliphatic carbocycles. The Morgan fingerprint density at radius 2 is 1.96 bits per heavy atom. The second kappa shape index (κ2) is 8.02. The molecule has 0 spiro atoms. The Morgan fingerprint density at radius 3 is 2.78 bits per heavy atom. The first-order chi connectivity index (χ1) is 13.2. The van der Waals surface area contributed by atoms with Gasteiger partial charge in [-0.3, -0.25) is 0 Å². The minimum Gasteiger partial charge on any atom is -0.497 e. The second-order valence-electron chi connectivity index (χ2n) is 5.92. The van der Waals surface area contributed by atoms with Gasteiger partial charge in [-0.15, -0.1) is 11.3 Å². The summed E-state index contributed by atoms with van der Waals surface area (Å²) < 4.78 is 6.21. The van der Waals surface area contributed by atoms with E-state index in [-0.39, 0.29) is 0 Å². The lowest BCUT2D eigenvalue weighted by Crippen LogP contribution is -2.07. The molecule has 2 aromatic heterocycles. The van der Waals surface area contributed by atoms with E-state index in [1.165, 1.54) is 0 Å². The van der Waals surface area contributed by atoms with Crippen LogP contribution >= 0.6 is 27.3 Å². The number of methoxy groups -OCH3 is 1. The summed E-state index contributed by atoms with van der Waals surface area (Å²) in [6, 6.07) is 14.0. The van der Waals surface area contributed by atoms with Crippen LogP contribution in [0.25, 0.3) is 22.2 Å². The first kappa shape index (κ1) is 17.9. The molecule has 0 amide bonds. The topological polar surface area (TPSA) is 59.9 Å². The minimum absolute atomic E-state index is 0.758. The van der Waals surface area contributed by atoms with Gasteiger partial charge in [0.05, 0.1) is 23.3 Å². The van der Waals surface area contributed by atoms with Crippen LogP contribution in [0.1, 0.15) is 5.01 Å². The standard InChI is InChI=1S/C20H17BrN4OS/c1-26-15-5-2-13(3-6-15)18-11-27-19(25-18)8-9-22-20-16-10-14(21)4-7-17(16)23-12-24-20/h2-7,10-12H,8-9H2,1H3,(H,22,23,24). The van der Waals surface area contributed by atoms with E-state index >= 15 is 0 Å². The molecule has 2 heterocycles. The van der Waals surface area contributed by atoms with Crippen LogP contribution in [0.3, 0.4) is 0 Å². The van der Waals surface area contributed by atoms with Crippen molar-refractivity contribution in [3.63, 3.8) is 0 Å². The molecule has 27 heavy (non-hydrogen) atoms. The fraction of sp³-hybridized carbons (Fsp3) is 0.150. The van der Waals surface area contributed by atoms with Crippen LogP contribution in [0.15, 0.2) is 58.6 Å². The van der Waals surface area contributed by atoms with Crippen molar-refractivity contribution in [2.45, 2.75) is 6.42 Å². The van der Waals surface area contributed by atoms with Gasteiger partial charge in [0, 0.05) is 33.8 Å². The number of ether oxygens (including phenoxy) is 1. The highest BCUT2D eigenvalue weighted by atomic mass is 79.9. The Hall–Kier alpha value is -2.51. The third-order valence-electron chi connectivity index (χ3n) is 4.17. The fourth-order valence-corrected chi connectivity index (χ4v) is 3.95. The fourth-order valence-electron chi connectivity index (χ4n) is 2.78. The zero-order chi connectivity index (χ0) is 18.6. The number of anilines is 1. The molecular formula is C20H17BrN4OS. The third kappa shape index (κ3) is 4.09. The highest BCUT2D eigenvalue weighted by Crippen LogP contribution is 2.25. The lowest BCUT2D eigenvalue weighted by molar-refractivity contribution is 0.415. The number of hydrogen-bond acceptors (Lipinski definition) is 6. The molecule has 0 atom stereocenters. The summed E-state index contributed by atoms with van der Waals surface area (Å²) in [6.07, 6.45) is 2.42. The highest BCUT2D eigenvalue weighted by molar-refractivity contribution is 9.10. The average Bonchev–Trinajstić information content (AvgIpc) is 3.17. The van der Waals surface area contributed by atoms with Gasteiger partial charge in [-0.25, -0.2) is 15.0 Å². The summed E-state index contributed by atoms with van der Waals surface area (Å²) in [5.41, 5.74) is 3.01. The van der Waals surface area contributed by atoms with Crippen molar-refractivity contribution < 1.29 is 4.74 Å². The number of fused-ring (bicyclic) bond motifs is 1. The summed E-state index contributed by atoms with van der Waals surface area (Å²) in [5, 5.41) is 7.59. The van der Waals surface area contributed by atoms with Gasteiger partial charge in [0.1, 0.15) is 17.9 Å². The van der Waals surface area contributed by atoms with Crippen LogP contribution < -0.4 is 10.1 Å². The molecule has 0 aliphatic heterocycles. The first-order valence-corrected chi connectivity index (χ1v) is 10.1. The van der Waals surface area contributed by atoms with Gasteiger partial charge in [0.25, 0.3) is 0 Å². The van der Waals surface area contributed by atoms with Gasteiger partial charge in [-0.2, -0.15) is 0 Å². The zero-order valence-electron chi connectivity index (χ0n) is 14.6. The Balaban J connectivity index is 1.43. The Morgan fingerprint density at radius 1 is 1.11 bits per heavy atom. The van der Waals surface area contributed by atoms with Gasteiger partial charge >= 0.3 is 0 Å². The van der Waals surface area contributed by atoms with E-state index < -0.39 is 0 Å². The largest absolute Gasteiger partial charge is 0.497 e. The average molecular weight is 441 g/mol. The van der Waals surface area contributed by atoms with Gasteiger partial charge in [0.2, 0.25) is 0 Å². The molecule has 136 valence electrons. The molecule has 0 fully saturated rings. The summed E-state index contributed by atoms with van der Waals surface area (Å²) in [5.74, 6) is 1.69. The Kier molecular flexibility index (Phi) is 5.31. The van der Waals surface area contributed by atoms with Crippen molar-refractivity contribution in [3.8, 4) is 17.0 Å². The van der Waals surface area contributed by atoms with Crippen LogP contribution in [0.5, 0.6) is 5.75 Å². The second-order valence-corrected chi connectivity index (χ2v) is 7.77. The van der Waals surface area contributed by atoms with E-state index in [4.69, 9.17) is 9.72 Å². The molecule has 1 N–H and O–H groups in total. The highest BCUT2D eigenvalue weighted by Gasteiger charge is 2.07. The van der Waals surface area contributed by atoms with Crippen molar-refractivity contribution in [2.24, 2.45) is 0 Å². The van der Waals surface area contributed by atoms with Crippen LogP contribution in [0.2, 0.25) is 0 Å². The Bertz CT molecular complexity index is 1070. The van der Waals surface area contributed by atoms with E-state index in [0.717, 1.165) is 56.2 Å². The molecule has 0 unspecified atom stereocenters. The SMILES string of the molecule is COc1ccc(-c2csc(CCNc3ncnc4ccc(Br)cc34)n2)cc1. The first-order valence-electron chi connectivity index (χ1n) is 8.46. The molecule has 0 bridgehead atoms. The van der Waals surface area contributed by atoms with E-state index in [9.17, 15) is 0 Å². The quantitative estimate of drug-likeness (QED) is 0.447. The normalized spacial score (nSPS) is 10.9. The predicted molar refractivity (Wildman–Crippen MR) is 114 cm³/mol. The number of thiazole rings is 1. The summed E-state index contributed by atoms with van der Waals surface area (Å²) >= 11 is 5.18. The zero-order valence-corrected chi connectivity index (χ0v) is 17.0. The van der Waals surface area contributed by atoms with Crippen LogP contribution in [-0.4, -0.2) is 28.6 Å². The van der Waals surface area contributed by atoms with Gasteiger partial charge in [-0.1, -0.05) is 15.9 Å². The van der Waals surface area contributed by atoms with E-state index in [1.54, 1.807) is 24.8 Å². The summed E-state index contributed by atoms with van der Waals surface area (Å²) in [4.78, 5) is 13.4. The van der Waals surface area contributed by atoms with Crippen molar-refractivity contribution in [1.82, 2.24) is 15.0 Å². The number of aromatic nitrogens is 3. The number of hydrogen-bond donors (Lipinski definition) is 1. The van der Waals surface area contributed by atoms with Crippen molar-refractivity contribution in [3.05, 3.63) is 63.7 Å². The van der Waals surface area contributed by atoms with Gasteiger partial charge < -0.3 is 10.1 Å². The molecular weight excluding hydrogens is 424 g/mol. The van der Waals surface area contributed by atoms with Crippen molar-refractivity contribution >= 4 is 44.0 Å². The van der Waals surface area contributed by atoms with Crippen LogP contribution in [0, 0.1) is 0 Å². The van der Waals surface area contributed by atoms with Crippen LogP contribution in [-0.2, 0) is 6.42 Å². The summed E-state index contributed by atoms with van der Waals surface area (Å²) in [7, 11) is 1.67. The monoisotopic (exact) mass is 440 g/mol. The van der Waals surface area contributed by atoms with Gasteiger partial charge in [-0.05, 0) is 42.5 Å². The van der Waals surface area contributed by atoms with Crippen molar-refractivity contribution in [2.75, 3.05) is 19.0 Å².